The van der Waals surface area contributed by atoms with E-state index in [-0.39, 0.29) is 10.8 Å². The van der Waals surface area contributed by atoms with Gasteiger partial charge in [-0.05, 0) is 43.0 Å². The summed E-state index contributed by atoms with van der Waals surface area (Å²) < 4.78 is 29.3. The molecule has 0 spiro atoms. The molecular weight excluding hydrogens is 400 g/mol. The van der Waals surface area contributed by atoms with Gasteiger partial charge in [-0.1, -0.05) is 25.1 Å². The molecule has 1 amide bonds. The van der Waals surface area contributed by atoms with E-state index in [1.165, 1.54) is 10.4 Å². The van der Waals surface area contributed by atoms with Gasteiger partial charge in [0.15, 0.2) is 0 Å². The maximum absolute atomic E-state index is 13.1. The lowest BCUT2D eigenvalue weighted by Crippen LogP contribution is -2.29. The van der Waals surface area contributed by atoms with Crippen LogP contribution in [-0.2, 0) is 23.6 Å². The Morgan fingerprint density at radius 1 is 1.27 bits per heavy atom. The molecule has 3 heterocycles. The van der Waals surface area contributed by atoms with Crippen molar-refractivity contribution in [1.82, 2.24) is 19.2 Å². The van der Waals surface area contributed by atoms with E-state index in [9.17, 15) is 13.2 Å². The van der Waals surface area contributed by atoms with Crippen LogP contribution >= 0.6 is 0 Å². The lowest BCUT2D eigenvalue weighted by atomic mass is 10.1. The number of sulfonamides is 1. The van der Waals surface area contributed by atoms with Gasteiger partial charge in [0.25, 0.3) is 5.91 Å². The van der Waals surface area contributed by atoms with Crippen LogP contribution in [0.15, 0.2) is 47.5 Å². The molecule has 1 unspecified atom stereocenters. The van der Waals surface area contributed by atoms with E-state index < -0.39 is 10.0 Å². The summed E-state index contributed by atoms with van der Waals surface area (Å²) in [5.74, 6) is 0.0412. The van der Waals surface area contributed by atoms with Crippen molar-refractivity contribution >= 4 is 26.8 Å². The van der Waals surface area contributed by atoms with Crippen LogP contribution in [0.3, 0.4) is 0 Å². The zero-order chi connectivity index (χ0) is 21.5. The van der Waals surface area contributed by atoms with Crippen molar-refractivity contribution in [3.8, 4) is 0 Å². The highest BCUT2D eigenvalue weighted by Crippen LogP contribution is 2.28. The summed E-state index contributed by atoms with van der Waals surface area (Å²) in [5, 5.41) is 3.90. The maximum atomic E-state index is 13.1. The number of nitrogens with one attached hydrogen (secondary N) is 1. The highest BCUT2D eigenvalue weighted by molar-refractivity contribution is 7.89. The maximum Gasteiger partial charge on any atom is 0.268 e. The lowest BCUT2D eigenvalue weighted by molar-refractivity contribution is 0.0942. The lowest BCUT2D eigenvalue weighted by Gasteiger charge is -2.15. The molecule has 2 aromatic heterocycles. The molecule has 7 nitrogen and oxygen atoms in total. The van der Waals surface area contributed by atoms with Crippen LogP contribution in [0.5, 0.6) is 0 Å². The second-order valence-electron chi connectivity index (χ2n) is 7.97. The molecule has 30 heavy (non-hydrogen) atoms. The largest absolute Gasteiger partial charge is 0.347 e. The number of carbonyl (C=O) groups excluding carboxylic acids is 1. The van der Waals surface area contributed by atoms with Crippen molar-refractivity contribution in [1.29, 1.82) is 0 Å². The molecule has 1 N–H and O–H groups in total. The van der Waals surface area contributed by atoms with Crippen LogP contribution in [0.4, 0.5) is 0 Å². The molecule has 0 radical (unpaired) electrons. The van der Waals surface area contributed by atoms with Gasteiger partial charge in [0, 0.05) is 44.0 Å². The fraction of sp³-hybridized carbons (Fsp3) is 0.364. The average molecular weight is 427 g/mol. The van der Waals surface area contributed by atoms with Crippen molar-refractivity contribution < 1.29 is 13.2 Å². The predicted molar refractivity (Wildman–Crippen MR) is 116 cm³/mol. The highest BCUT2D eigenvalue weighted by Gasteiger charge is 2.33. The van der Waals surface area contributed by atoms with Gasteiger partial charge in [-0.25, -0.2) is 8.42 Å². The van der Waals surface area contributed by atoms with Gasteiger partial charge in [0.05, 0.1) is 5.52 Å². The summed E-state index contributed by atoms with van der Waals surface area (Å²) in [4.78, 5) is 17.4. The van der Waals surface area contributed by atoms with E-state index in [2.05, 4.69) is 17.2 Å². The number of amides is 1. The Balaban J connectivity index is 1.57. The topological polar surface area (TPSA) is 84.3 Å². The van der Waals surface area contributed by atoms with Gasteiger partial charge in [0.1, 0.15) is 10.6 Å². The number of benzene rings is 1. The number of hydrogen-bond donors (Lipinski definition) is 1. The number of rotatable bonds is 5. The summed E-state index contributed by atoms with van der Waals surface area (Å²) in [6.45, 7) is 5.16. The molecule has 0 bridgehead atoms. The van der Waals surface area contributed by atoms with Gasteiger partial charge >= 0.3 is 0 Å². The molecule has 0 aliphatic carbocycles. The first-order valence-electron chi connectivity index (χ1n) is 10.1. The van der Waals surface area contributed by atoms with Gasteiger partial charge < -0.3 is 9.88 Å². The zero-order valence-corrected chi connectivity index (χ0v) is 18.2. The molecule has 1 aromatic carbocycles. The Kier molecular flexibility index (Phi) is 5.38. The minimum atomic E-state index is -3.61. The minimum Gasteiger partial charge on any atom is -0.347 e. The Bertz CT molecular complexity index is 1210. The highest BCUT2D eigenvalue weighted by atomic mass is 32.2. The normalized spacial score (nSPS) is 17.5. The monoisotopic (exact) mass is 426 g/mol. The second-order valence-corrected chi connectivity index (χ2v) is 9.87. The van der Waals surface area contributed by atoms with E-state index in [0.717, 1.165) is 22.9 Å². The molecule has 1 aliphatic rings. The van der Waals surface area contributed by atoms with Crippen LogP contribution in [0, 0.1) is 12.8 Å². The fourth-order valence-corrected chi connectivity index (χ4v) is 5.84. The average Bonchev–Trinajstić information content (AvgIpc) is 3.31. The molecular formula is C22H26N4O3S. The molecule has 0 saturated carbocycles. The fourth-order valence-electron chi connectivity index (χ4n) is 3.99. The third-order valence-electron chi connectivity index (χ3n) is 5.90. The smallest absolute Gasteiger partial charge is 0.268 e. The van der Waals surface area contributed by atoms with Gasteiger partial charge in [0.2, 0.25) is 10.0 Å². The van der Waals surface area contributed by atoms with E-state index >= 15 is 0 Å². The quantitative estimate of drug-likeness (QED) is 0.680. The molecule has 8 heteroatoms. The third-order valence-corrected chi connectivity index (χ3v) is 7.88. The van der Waals surface area contributed by atoms with Crippen molar-refractivity contribution in [2.24, 2.45) is 13.0 Å². The molecule has 1 aliphatic heterocycles. The SMILES string of the molecule is Cc1c(S(=O)(=O)N2CCC(C)C2)cc(C(=O)NCc2cccc3ncccc23)n1C. The number of nitrogens with zero attached hydrogens (tertiary/aromatic N) is 3. The van der Waals surface area contributed by atoms with Crippen LogP contribution in [0.25, 0.3) is 10.9 Å². The van der Waals surface area contributed by atoms with Crippen LogP contribution in [0.1, 0.15) is 35.1 Å². The van der Waals surface area contributed by atoms with Crippen molar-refractivity contribution in [3.63, 3.8) is 0 Å². The first-order chi connectivity index (χ1) is 14.3. The van der Waals surface area contributed by atoms with E-state index in [1.807, 2.05) is 30.3 Å². The molecule has 1 saturated heterocycles. The van der Waals surface area contributed by atoms with Gasteiger partial charge in [-0.2, -0.15) is 4.31 Å². The Morgan fingerprint density at radius 2 is 2.07 bits per heavy atom. The first-order valence-corrected chi connectivity index (χ1v) is 11.5. The number of carbonyl (C=O) groups is 1. The Labute approximate surface area is 176 Å². The van der Waals surface area contributed by atoms with Crippen molar-refractivity contribution in [2.45, 2.75) is 31.7 Å². The number of hydrogen-bond acceptors (Lipinski definition) is 4. The summed E-state index contributed by atoms with van der Waals surface area (Å²) in [5.41, 5.74) is 2.72. The van der Waals surface area contributed by atoms with E-state index in [4.69, 9.17) is 0 Å². The zero-order valence-electron chi connectivity index (χ0n) is 17.4. The predicted octanol–water partition coefficient (Wildman–Crippen LogP) is 2.84. The molecule has 158 valence electrons. The van der Waals surface area contributed by atoms with Crippen LogP contribution in [0.2, 0.25) is 0 Å². The molecule has 4 rings (SSSR count). The minimum absolute atomic E-state index is 0.207. The van der Waals surface area contributed by atoms with Crippen LogP contribution in [-0.4, -0.2) is 41.3 Å². The summed E-state index contributed by atoms with van der Waals surface area (Å²) >= 11 is 0. The second kappa shape index (κ2) is 7.85. The first kappa shape index (κ1) is 20.6. The van der Waals surface area contributed by atoms with E-state index in [1.54, 1.807) is 24.7 Å². The third kappa shape index (κ3) is 3.61. The molecule has 1 atom stereocenters. The summed E-state index contributed by atoms with van der Waals surface area (Å²) in [6, 6.07) is 11.1. The summed E-state index contributed by atoms with van der Waals surface area (Å²) in [6.07, 6.45) is 2.60. The van der Waals surface area contributed by atoms with Crippen LogP contribution < -0.4 is 5.32 Å². The summed E-state index contributed by atoms with van der Waals surface area (Å²) in [7, 11) is -1.89. The van der Waals surface area contributed by atoms with Crippen molar-refractivity contribution in [2.75, 3.05) is 13.1 Å². The number of aromatic nitrogens is 2. The van der Waals surface area contributed by atoms with E-state index in [0.29, 0.717) is 36.9 Å². The van der Waals surface area contributed by atoms with Gasteiger partial charge in [-0.3, -0.25) is 9.78 Å². The van der Waals surface area contributed by atoms with Gasteiger partial charge in [-0.15, -0.1) is 0 Å². The standard InChI is InChI=1S/C22H26N4O3S/c1-15-9-11-26(14-15)30(28,29)21-12-20(25(3)16(21)2)22(27)24-13-17-6-4-8-19-18(17)7-5-10-23-19/h4-8,10,12,15H,9,11,13-14H2,1-3H3,(H,24,27). The van der Waals surface area contributed by atoms with Crippen molar-refractivity contribution in [3.05, 3.63) is 59.5 Å². The number of pyridine rings is 1. The molecule has 3 aromatic rings. The Morgan fingerprint density at radius 3 is 2.80 bits per heavy atom. The Hall–Kier alpha value is -2.71. The number of fused-ring (bicyclic) bond motifs is 1. The molecule has 1 fully saturated rings.